The van der Waals surface area contributed by atoms with Crippen molar-refractivity contribution in [1.82, 2.24) is 21.3 Å². The summed E-state index contributed by atoms with van der Waals surface area (Å²) in [5.41, 5.74) is 10.4. The Morgan fingerprint density at radius 1 is 1.04 bits per heavy atom. The minimum Gasteiger partial charge on any atom is -0.481 e. The maximum atomic E-state index is 12.2. The Labute approximate surface area is 161 Å². The summed E-state index contributed by atoms with van der Waals surface area (Å²) in [5.74, 6) is -3.87. The van der Waals surface area contributed by atoms with Crippen molar-refractivity contribution in [2.24, 2.45) is 16.5 Å². The molecule has 0 heterocycles. The Balaban J connectivity index is 4.68. The van der Waals surface area contributed by atoms with Gasteiger partial charge in [0.05, 0.1) is 13.0 Å². The van der Waals surface area contributed by atoms with E-state index in [9.17, 15) is 24.0 Å². The number of carbonyl (C=O) groups excluding carboxylic acids is 4. The van der Waals surface area contributed by atoms with Crippen molar-refractivity contribution in [1.29, 1.82) is 0 Å². The molecule has 0 spiro atoms. The second-order valence-electron chi connectivity index (χ2n) is 5.75. The molecular formula is C15H27N7O6. The number of carbonyl (C=O) groups is 5. The molecule has 4 amide bonds. The van der Waals surface area contributed by atoms with Gasteiger partial charge in [0.25, 0.3) is 0 Å². The van der Waals surface area contributed by atoms with Crippen molar-refractivity contribution in [3.63, 3.8) is 0 Å². The van der Waals surface area contributed by atoms with Crippen molar-refractivity contribution in [3.05, 3.63) is 0 Å². The van der Waals surface area contributed by atoms with E-state index in [4.69, 9.17) is 16.6 Å². The fraction of sp³-hybridized carbons (Fsp3) is 0.600. The monoisotopic (exact) mass is 401 g/mol. The standard InChI is InChI=1S/C15H27N7O6/c1-8(23)21-9(4-3-5-19-15(16)17)14(28)20-7-11(24)22-10(6-12(25)26)13(27)18-2/h9-10H,3-7H2,1-2H3,(H,18,27)(H,20,28)(H,21,23)(H,22,24)(H,25,26)(H4,16,17,19)/t9-,10-/m0/s1. The van der Waals surface area contributed by atoms with Gasteiger partial charge in [-0.1, -0.05) is 0 Å². The third kappa shape index (κ3) is 11.3. The van der Waals surface area contributed by atoms with E-state index in [1.165, 1.54) is 14.0 Å². The highest BCUT2D eigenvalue weighted by atomic mass is 16.4. The Kier molecular flexibility index (Phi) is 11.3. The number of nitrogens with two attached hydrogens (primary N) is 2. The minimum absolute atomic E-state index is 0.0933. The lowest BCUT2D eigenvalue weighted by Crippen LogP contribution is -2.52. The van der Waals surface area contributed by atoms with Gasteiger partial charge in [0.15, 0.2) is 5.96 Å². The first-order valence-corrected chi connectivity index (χ1v) is 8.39. The van der Waals surface area contributed by atoms with Crippen LogP contribution in [0.15, 0.2) is 4.99 Å². The van der Waals surface area contributed by atoms with Gasteiger partial charge in [-0.15, -0.1) is 0 Å². The largest absolute Gasteiger partial charge is 0.481 e. The fourth-order valence-corrected chi connectivity index (χ4v) is 2.11. The fourth-order valence-electron chi connectivity index (χ4n) is 2.11. The molecule has 0 aliphatic rings. The van der Waals surface area contributed by atoms with Crippen LogP contribution < -0.4 is 32.7 Å². The summed E-state index contributed by atoms with van der Waals surface area (Å²) in [4.78, 5) is 61.5. The number of amides is 4. The van der Waals surface area contributed by atoms with Crippen LogP contribution in [0.5, 0.6) is 0 Å². The summed E-state index contributed by atoms with van der Waals surface area (Å²) >= 11 is 0. The summed E-state index contributed by atoms with van der Waals surface area (Å²) < 4.78 is 0. The molecule has 9 N–H and O–H groups in total. The number of aliphatic imine (C=N–C) groups is 1. The molecule has 0 fully saturated rings. The quantitative estimate of drug-likeness (QED) is 0.0980. The topological polar surface area (TPSA) is 218 Å². The molecule has 0 bridgehead atoms. The number of rotatable bonds is 12. The second kappa shape index (κ2) is 12.9. The molecule has 0 aliphatic heterocycles. The Morgan fingerprint density at radius 3 is 2.18 bits per heavy atom. The zero-order valence-corrected chi connectivity index (χ0v) is 15.8. The summed E-state index contributed by atoms with van der Waals surface area (Å²) in [7, 11) is 1.30. The van der Waals surface area contributed by atoms with Crippen molar-refractivity contribution in [2.45, 2.75) is 38.3 Å². The highest BCUT2D eigenvalue weighted by molar-refractivity contribution is 5.93. The number of hydrogen-bond acceptors (Lipinski definition) is 6. The van der Waals surface area contributed by atoms with Gasteiger partial charge in [-0.2, -0.15) is 0 Å². The smallest absolute Gasteiger partial charge is 0.305 e. The summed E-state index contributed by atoms with van der Waals surface area (Å²) in [6.07, 6.45) is 0.0161. The van der Waals surface area contributed by atoms with Crippen LogP contribution >= 0.6 is 0 Å². The van der Waals surface area contributed by atoms with E-state index >= 15 is 0 Å². The normalized spacial score (nSPS) is 12.1. The van der Waals surface area contributed by atoms with E-state index < -0.39 is 54.6 Å². The molecule has 13 heteroatoms. The number of aliphatic carboxylic acids is 1. The molecule has 0 aromatic rings. The zero-order valence-electron chi connectivity index (χ0n) is 15.8. The first-order valence-electron chi connectivity index (χ1n) is 8.39. The lowest BCUT2D eigenvalue weighted by Gasteiger charge is -2.18. The van der Waals surface area contributed by atoms with Crippen LogP contribution in [-0.4, -0.2) is 72.9 Å². The lowest BCUT2D eigenvalue weighted by atomic mass is 10.1. The van der Waals surface area contributed by atoms with Gasteiger partial charge in [-0.25, -0.2) is 0 Å². The van der Waals surface area contributed by atoms with E-state index in [1.54, 1.807) is 0 Å². The van der Waals surface area contributed by atoms with Gasteiger partial charge in [-0.3, -0.25) is 29.0 Å². The van der Waals surface area contributed by atoms with Crippen LogP contribution in [0.2, 0.25) is 0 Å². The SMILES string of the molecule is CNC(=O)[C@H](CC(=O)O)NC(=O)CNC(=O)[C@H](CCCN=C(N)N)NC(C)=O. The van der Waals surface area contributed by atoms with Crippen LogP contribution in [-0.2, 0) is 24.0 Å². The summed E-state index contributed by atoms with van der Waals surface area (Å²) in [5, 5.41) is 18.0. The van der Waals surface area contributed by atoms with Crippen molar-refractivity contribution in [2.75, 3.05) is 20.1 Å². The number of carboxylic acids is 1. The van der Waals surface area contributed by atoms with E-state index in [-0.39, 0.29) is 18.9 Å². The predicted molar refractivity (Wildman–Crippen MR) is 98.8 cm³/mol. The first-order chi connectivity index (χ1) is 13.1. The second-order valence-corrected chi connectivity index (χ2v) is 5.75. The molecule has 0 aromatic heterocycles. The molecule has 0 unspecified atom stereocenters. The Hall–Kier alpha value is -3.38. The summed E-state index contributed by atoms with van der Waals surface area (Å²) in [6.45, 7) is 0.994. The number of carboxylic acid groups (broad SMARTS) is 1. The average Bonchev–Trinajstić information content (AvgIpc) is 2.60. The number of nitrogens with zero attached hydrogens (tertiary/aromatic N) is 1. The van der Waals surface area contributed by atoms with E-state index in [1.807, 2.05) is 0 Å². The molecule has 0 aromatic carbocycles. The molecule has 0 saturated carbocycles. The Morgan fingerprint density at radius 2 is 1.68 bits per heavy atom. The van der Waals surface area contributed by atoms with Gasteiger partial charge in [0, 0.05) is 20.5 Å². The zero-order chi connectivity index (χ0) is 21.7. The van der Waals surface area contributed by atoms with Crippen LogP contribution in [0.3, 0.4) is 0 Å². The van der Waals surface area contributed by atoms with Gasteiger partial charge in [-0.05, 0) is 12.8 Å². The highest BCUT2D eigenvalue weighted by Gasteiger charge is 2.24. The van der Waals surface area contributed by atoms with Crippen molar-refractivity contribution in [3.8, 4) is 0 Å². The van der Waals surface area contributed by atoms with Gasteiger partial charge < -0.3 is 37.8 Å². The Bertz CT molecular complexity index is 618. The van der Waals surface area contributed by atoms with Crippen LogP contribution in [0.1, 0.15) is 26.2 Å². The molecule has 13 nitrogen and oxygen atoms in total. The predicted octanol–water partition coefficient (Wildman–Crippen LogP) is -3.63. The van der Waals surface area contributed by atoms with Crippen molar-refractivity contribution < 1.29 is 29.1 Å². The minimum atomic E-state index is -1.28. The molecule has 0 saturated heterocycles. The van der Waals surface area contributed by atoms with Crippen molar-refractivity contribution >= 4 is 35.6 Å². The molecular weight excluding hydrogens is 374 g/mol. The third-order valence-electron chi connectivity index (χ3n) is 3.34. The number of hydrogen-bond donors (Lipinski definition) is 7. The van der Waals surface area contributed by atoms with E-state index in [0.29, 0.717) is 6.42 Å². The van der Waals surface area contributed by atoms with Gasteiger partial charge in [0.1, 0.15) is 12.1 Å². The van der Waals surface area contributed by atoms with Crippen LogP contribution in [0.4, 0.5) is 0 Å². The molecule has 0 aliphatic carbocycles. The number of nitrogens with one attached hydrogen (secondary N) is 4. The lowest BCUT2D eigenvalue weighted by molar-refractivity contribution is -0.140. The van der Waals surface area contributed by atoms with Crippen LogP contribution in [0.25, 0.3) is 0 Å². The maximum Gasteiger partial charge on any atom is 0.305 e. The maximum absolute atomic E-state index is 12.2. The summed E-state index contributed by atoms with van der Waals surface area (Å²) in [6, 6.07) is -2.19. The average molecular weight is 401 g/mol. The van der Waals surface area contributed by atoms with Crippen LogP contribution in [0, 0.1) is 0 Å². The molecule has 158 valence electrons. The molecule has 0 rings (SSSR count). The van der Waals surface area contributed by atoms with E-state index in [0.717, 1.165) is 0 Å². The molecule has 0 radical (unpaired) electrons. The van der Waals surface area contributed by atoms with E-state index in [2.05, 4.69) is 26.3 Å². The molecule has 28 heavy (non-hydrogen) atoms. The highest BCUT2D eigenvalue weighted by Crippen LogP contribution is 1.99. The third-order valence-corrected chi connectivity index (χ3v) is 3.34. The number of guanidine groups is 1. The first kappa shape index (κ1) is 24.6. The molecule has 2 atom stereocenters. The van der Waals surface area contributed by atoms with Gasteiger partial charge in [0.2, 0.25) is 23.6 Å². The number of likely N-dealkylation sites (N-methyl/N-ethyl adjacent to an activating group) is 1. The van der Waals surface area contributed by atoms with Gasteiger partial charge >= 0.3 is 5.97 Å².